The maximum Gasteiger partial charge on any atom is 0.0850 e. The van der Waals surface area contributed by atoms with E-state index in [4.69, 9.17) is 10.7 Å². The van der Waals surface area contributed by atoms with E-state index in [0.717, 1.165) is 22.8 Å². The lowest BCUT2D eigenvalue weighted by atomic mass is 9.96. The van der Waals surface area contributed by atoms with Crippen LogP contribution < -0.4 is 5.73 Å². The summed E-state index contributed by atoms with van der Waals surface area (Å²) in [6.07, 6.45) is 3.42. The molecule has 2 N–H and O–H groups in total. The molecule has 1 heterocycles. The number of pyridine rings is 1. The highest BCUT2D eigenvalue weighted by Crippen LogP contribution is 2.35. The Balaban J connectivity index is 2.44. The summed E-state index contributed by atoms with van der Waals surface area (Å²) in [5, 5.41) is 1.20. The number of nitrogens with two attached hydrogens (primary N) is 1. The Labute approximate surface area is 109 Å². The van der Waals surface area contributed by atoms with E-state index in [-0.39, 0.29) is 6.04 Å². The Morgan fingerprint density at radius 2 is 2.18 bits per heavy atom. The van der Waals surface area contributed by atoms with Gasteiger partial charge in [0.05, 0.1) is 5.52 Å². The molecule has 3 heteroatoms. The summed E-state index contributed by atoms with van der Waals surface area (Å²) in [5.41, 5.74) is 11.2. The maximum absolute atomic E-state index is 6.16. The fourth-order valence-electron chi connectivity index (χ4n) is 2.81. The molecule has 17 heavy (non-hydrogen) atoms. The molecule has 1 aliphatic carbocycles. The Morgan fingerprint density at radius 3 is 2.94 bits per heavy atom. The van der Waals surface area contributed by atoms with E-state index in [9.17, 15) is 0 Å². The minimum absolute atomic E-state index is 0.0710. The molecular formula is C14H15BrN2. The predicted molar refractivity (Wildman–Crippen MR) is 74.1 cm³/mol. The van der Waals surface area contributed by atoms with Crippen molar-refractivity contribution in [1.82, 2.24) is 4.98 Å². The monoisotopic (exact) mass is 290 g/mol. The number of benzene rings is 1. The summed E-state index contributed by atoms with van der Waals surface area (Å²) in [4.78, 5) is 4.80. The molecule has 1 unspecified atom stereocenters. The Kier molecular flexibility index (Phi) is 2.68. The van der Waals surface area contributed by atoms with Gasteiger partial charge in [0, 0.05) is 21.6 Å². The van der Waals surface area contributed by atoms with Crippen molar-refractivity contribution in [3.05, 3.63) is 39.5 Å². The van der Waals surface area contributed by atoms with Crippen molar-refractivity contribution in [2.45, 2.75) is 32.2 Å². The highest BCUT2D eigenvalue weighted by Gasteiger charge is 2.21. The van der Waals surface area contributed by atoms with E-state index >= 15 is 0 Å². The van der Waals surface area contributed by atoms with E-state index < -0.39 is 0 Å². The van der Waals surface area contributed by atoms with Crippen LogP contribution in [0, 0.1) is 0 Å². The molecule has 0 radical (unpaired) electrons. The van der Waals surface area contributed by atoms with E-state index in [1.54, 1.807) is 0 Å². The van der Waals surface area contributed by atoms with Gasteiger partial charge < -0.3 is 5.73 Å². The zero-order valence-corrected chi connectivity index (χ0v) is 11.4. The number of para-hydroxylation sites is 1. The molecule has 2 nitrogen and oxygen atoms in total. The molecule has 0 spiro atoms. The standard InChI is InChI=1S/C14H15BrN2/c1-8(16)13-9-4-3-7-12(9)17-14-10(13)5-2-6-11(14)15/h2,5-6,8H,3-4,7,16H2,1H3. The van der Waals surface area contributed by atoms with Crippen molar-refractivity contribution >= 4 is 26.8 Å². The molecule has 0 saturated carbocycles. The molecule has 0 saturated heterocycles. The summed E-state index contributed by atoms with van der Waals surface area (Å²) >= 11 is 3.59. The zero-order chi connectivity index (χ0) is 12.0. The number of aryl methyl sites for hydroxylation is 1. The first-order chi connectivity index (χ1) is 8.18. The molecule has 1 aromatic carbocycles. The minimum atomic E-state index is 0.0710. The number of fused-ring (bicyclic) bond motifs is 2. The van der Waals surface area contributed by atoms with Crippen LogP contribution in [0.4, 0.5) is 0 Å². The van der Waals surface area contributed by atoms with Crippen molar-refractivity contribution < 1.29 is 0 Å². The quantitative estimate of drug-likeness (QED) is 0.873. The van der Waals surface area contributed by atoms with Gasteiger partial charge in [-0.3, -0.25) is 4.98 Å². The van der Waals surface area contributed by atoms with Gasteiger partial charge in [-0.15, -0.1) is 0 Å². The molecule has 0 amide bonds. The molecule has 0 bridgehead atoms. The van der Waals surface area contributed by atoms with Gasteiger partial charge in [0.25, 0.3) is 0 Å². The maximum atomic E-state index is 6.16. The highest BCUT2D eigenvalue weighted by molar-refractivity contribution is 9.10. The molecule has 0 aliphatic heterocycles. The number of hydrogen-bond donors (Lipinski definition) is 1. The van der Waals surface area contributed by atoms with Crippen LogP contribution in [0.1, 0.15) is 36.2 Å². The predicted octanol–water partition coefficient (Wildman–Crippen LogP) is 3.51. The molecule has 0 fully saturated rings. The van der Waals surface area contributed by atoms with Gasteiger partial charge in [-0.05, 0) is 59.3 Å². The van der Waals surface area contributed by atoms with Crippen LogP contribution in [0.15, 0.2) is 22.7 Å². The first kappa shape index (κ1) is 11.2. The third-order valence-corrected chi connectivity index (χ3v) is 4.13. The summed E-state index contributed by atoms with van der Waals surface area (Å²) in [6, 6.07) is 6.30. The summed E-state index contributed by atoms with van der Waals surface area (Å²) in [7, 11) is 0. The second-order valence-corrected chi connectivity index (χ2v) is 5.58. The van der Waals surface area contributed by atoms with Crippen molar-refractivity contribution in [3.8, 4) is 0 Å². The van der Waals surface area contributed by atoms with Crippen molar-refractivity contribution in [1.29, 1.82) is 0 Å². The van der Waals surface area contributed by atoms with Crippen molar-refractivity contribution in [3.63, 3.8) is 0 Å². The fourth-order valence-corrected chi connectivity index (χ4v) is 3.26. The Hall–Kier alpha value is -0.930. The molecular weight excluding hydrogens is 276 g/mol. The summed E-state index contributed by atoms with van der Waals surface area (Å²) in [6.45, 7) is 2.06. The fraction of sp³-hybridized carbons (Fsp3) is 0.357. The number of halogens is 1. The SMILES string of the molecule is CC(N)c1c2c(nc3c(Br)cccc13)CCC2. The number of hydrogen-bond acceptors (Lipinski definition) is 2. The summed E-state index contributed by atoms with van der Waals surface area (Å²) < 4.78 is 1.06. The molecule has 88 valence electrons. The lowest BCUT2D eigenvalue weighted by Crippen LogP contribution is -2.10. The van der Waals surface area contributed by atoms with Gasteiger partial charge in [-0.1, -0.05) is 12.1 Å². The molecule has 1 atom stereocenters. The molecule has 1 aromatic heterocycles. The number of aromatic nitrogens is 1. The van der Waals surface area contributed by atoms with Gasteiger partial charge in [-0.2, -0.15) is 0 Å². The molecule has 3 rings (SSSR count). The van der Waals surface area contributed by atoms with Crippen LogP contribution in [0.5, 0.6) is 0 Å². The normalized spacial score (nSPS) is 16.2. The third-order valence-electron chi connectivity index (χ3n) is 3.49. The number of rotatable bonds is 1. The van der Waals surface area contributed by atoms with Crippen LogP contribution in [0.25, 0.3) is 10.9 Å². The molecule has 2 aromatic rings. The van der Waals surface area contributed by atoms with Gasteiger partial charge in [-0.25, -0.2) is 0 Å². The van der Waals surface area contributed by atoms with Gasteiger partial charge >= 0.3 is 0 Å². The van der Waals surface area contributed by atoms with Crippen molar-refractivity contribution in [2.75, 3.05) is 0 Å². The topological polar surface area (TPSA) is 38.9 Å². The lowest BCUT2D eigenvalue weighted by Gasteiger charge is -2.16. The molecule has 1 aliphatic rings. The van der Waals surface area contributed by atoms with Crippen LogP contribution in [0.2, 0.25) is 0 Å². The van der Waals surface area contributed by atoms with E-state index in [0.29, 0.717) is 0 Å². The van der Waals surface area contributed by atoms with Crippen LogP contribution in [0.3, 0.4) is 0 Å². The van der Waals surface area contributed by atoms with Crippen LogP contribution in [-0.2, 0) is 12.8 Å². The summed E-state index contributed by atoms with van der Waals surface area (Å²) in [5.74, 6) is 0. The first-order valence-electron chi connectivity index (χ1n) is 6.04. The smallest absolute Gasteiger partial charge is 0.0850 e. The largest absolute Gasteiger partial charge is 0.324 e. The van der Waals surface area contributed by atoms with E-state index in [2.05, 4.69) is 35.0 Å². The Bertz CT molecular complexity index is 590. The van der Waals surface area contributed by atoms with Gasteiger partial charge in [0.2, 0.25) is 0 Å². The van der Waals surface area contributed by atoms with Gasteiger partial charge in [0.1, 0.15) is 0 Å². The zero-order valence-electron chi connectivity index (χ0n) is 9.83. The highest BCUT2D eigenvalue weighted by atomic mass is 79.9. The lowest BCUT2D eigenvalue weighted by molar-refractivity contribution is 0.806. The minimum Gasteiger partial charge on any atom is -0.324 e. The second kappa shape index (κ2) is 4.07. The van der Waals surface area contributed by atoms with Crippen LogP contribution >= 0.6 is 15.9 Å². The Morgan fingerprint density at radius 1 is 1.35 bits per heavy atom. The average Bonchev–Trinajstić information content (AvgIpc) is 2.74. The first-order valence-corrected chi connectivity index (χ1v) is 6.83. The average molecular weight is 291 g/mol. The van der Waals surface area contributed by atoms with E-state index in [1.807, 2.05) is 6.07 Å². The second-order valence-electron chi connectivity index (χ2n) is 4.73. The van der Waals surface area contributed by atoms with Crippen molar-refractivity contribution in [2.24, 2.45) is 5.73 Å². The van der Waals surface area contributed by atoms with Crippen LogP contribution in [-0.4, -0.2) is 4.98 Å². The number of nitrogens with zero attached hydrogens (tertiary/aromatic N) is 1. The van der Waals surface area contributed by atoms with E-state index in [1.165, 1.54) is 28.6 Å². The third kappa shape index (κ3) is 1.69. The van der Waals surface area contributed by atoms with Gasteiger partial charge in [0.15, 0.2) is 0 Å².